The maximum Gasteiger partial charge on any atom is 0.233 e. The SMILES string of the molecule is Cc1cnc(Cl)c(NS(=O)(=O)CCc2ccccn2)c1. The molecule has 20 heavy (non-hydrogen) atoms. The van der Waals surface area contributed by atoms with Gasteiger partial charge in [0.25, 0.3) is 0 Å². The lowest BCUT2D eigenvalue weighted by atomic mass is 10.3. The molecule has 0 saturated heterocycles. The molecule has 0 unspecified atom stereocenters. The molecule has 0 fully saturated rings. The Kier molecular flexibility index (Phi) is 4.57. The summed E-state index contributed by atoms with van der Waals surface area (Å²) >= 11 is 5.87. The number of aromatic nitrogens is 2. The number of aryl methyl sites for hydroxylation is 2. The van der Waals surface area contributed by atoms with Gasteiger partial charge in [-0.3, -0.25) is 9.71 Å². The van der Waals surface area contributed by atoms with Gasteiger partial charge in [-0.1, -0.05) is 17.7 Å². The quantitative estimate of drug-likeness (QED) is 0.861. The molecule has 5 nitrogen and oxygen atoms in total. The Morgan fingerprint density at radius 1 is 1.30 bits per heavy atom. The smallest absolute Gasteiger partial charge is 0.233 e. The Morgan fingerprint density at radius 3 is 2.80 bits per heavy atom. The molecule has 0 bridgehead atoms. The van der Waals surface area contributed by atoms with Gasteiger partial charge < -0.3 is 0 Å². The largest absolute Gasteiger partial charge is 0.280 e. The molecule has 0 spiro atoms. The maximum absolute atomic E-state index is 12.0. The molecule has 0 aliphatic heterocycles. The number of sulfonamides is 1. The fraction of sp³-hybridized carbons (Fsp3) is 0.231. The van der Waals surface area contributed by atoms with Crippen LogP contribution in [0.4, 0.5) is 5.69 Å². The zero-order chi connectivity index (χ0) is 14.6. The monoisotopic (exact) mass is 311 g/mol. The van der Waals surface area contributed by atoms with Gasteiger partial charge in [-0.25, -0.2) is 13.4 Å². The number of hydrogen-bond acceptors (Lipinski definition) is 4. The Hall–Kier alpha value is -1.66. The Labute approximate surface area is 123 Å². The van der Waals surface area contributed by atoms with Gasteiger partial charge in [0.15, 0.2) is 5.15 Å². The minimum atomic E-state index is -3.49. The van der Waals surface area contributed by atoms with Crippen LogP contribution < -0.4 is 4.72 Å². The van der Waals surface area contributed by atoms with Gasteiger partial charge in [-0.2, -0.15) is 0 Å². The first-order valence-electron chi connectivity index (χ1n) is 5.99. The lowest BCUT2D eigenvalue weighted by Gasteiger charge is -2.09. The minimum absolute atomic E-state index is 0.0612. The van der Waals surface area contributed by atoms with E-state index in [1.54, 1.807) is 30.6 Å². The van der Waals surface area contributed by atoms with Crippen molar-refractivity contribution in [1.29, 1.82) is 0 Å². The molecule has 0 aliphatic rings. The first-order valence-corrected chi connectivity index (χ1v) is 8.02. The topological polar surface area (TPSA) is 72.0 Å². The highest BCUT2D eigenvalue weighted by Gasteiger charge is 2.13. The molecule has 0 radical (unpaired) electrons. The normalized spacial score (nSPS) is 11.3. The summed E-state index contributed by atoms with van der Waals surface area (Å²) in [6, 6.07) is 7.04. The summed E-state index contributed by atoms with van der Waals surface area (Å²) in [5.41, 5.74) is 1.86. The molecule has 2 aromatic heterocycles. The van der Waals surface area contributed by atoms with E-state index in [-0.39, 0.29) is 10.9 Å². The molecular formula is C13H14ClN3O2S. The molecule has 106 valence electrons. The molecule has 0 atom stereocenters. The summed E-state index contributed by atoms with van der Waals surface area (Å²) in [4.78, 5) is 8.00. The molecule has 2 aromatic rings. The van der Waals surface area contributed by atoms with Crippen molar-refractivity contribution < 1.29 is 8.42 Å². The third kappa shape index (κ3) is 4.18. The van der Waals surface area contributed by atoms with Crippen LogP contribution in [-0.4, -0.2) is 24.1 Å². The van der Waals surface area contributed by atoms with Crippen LogP contribution in [0.5, 0.6) is 0 Å². The predicted octanol–water partition coefficient (Wildman–Crippen LogP) is 2.42. The first-order chi connectivity index (χ1) is 9.46. The number of nitrogens with zero attached hydrogens (tertiary/aromatic N) is 2. The lowest BCUT2D eigenvalue weighted by Crippen LogP contribution is -2.19. The van der Waals surface area contributed by atoms with Crippen LogP contribution in [0.25, 0.3) is 0 Å². The fourth-order valence-corrected chi connectivity index (χ4v) is 2.90. The van der Waals surface area contributed by atoms with Gasteiger partial charge >= 0.3 is 0 Å². The highest BCUT2D eigenvalue weighted by molar-refractivity contribution is 7.92. The van der Waals surface area contributed by atoms with E-state index < -0.39 is 10.0 Å². The second kappa shape index (κ2) is 6.19. The van der Waals surface area contributed by atoms with Crippen LogP contribution in [0.3, 0.4) is 0 Å². The van der Waals surface area contributed by atoms with E-state index in [2.05, 4.69) is 14.7 Å². The summed E-state index contributed by atoms with van der Waals surface area (Å²) in [7, 11) is -3.49. The number of halogens is 1. The van der Waals surface area contributed by atoms with Crippen LogP contribution in [0.15, 0.2) is 36.7 Å². The standard InChI is InChI=1S/C13H14ClN3O2S/c1-10-8-12(13(14)16-9-10)17-20(18,19)7-5-11-4-2-3-6-15-11/h2-4,6,8-9,17H,5,7H2,1H3. The van der Waals surface area contributed by atoms with Gasteiger partial charge in [-0.15, -0.1) is 0 Å². The predicted molar refractivity (Wildman–Crippen MR) is 79.3 cm³/mol. The number of hydrogen-bond donors (Lipinski definition) is 1. The molecule has 0 saturated carbocycles. The number of pyridine rings is 2. The van der Waals surface area contributed by atoms with Crippen LogP contribution in [-0.2, 0) is 16.4 Å². The third-order valence-corrected chi connectivity index (χ3v) is 4.17. The van der Waals surface area contributed by atoms with Crippen molar-refractivity contribution in [2.24, 2.45) is 0 Å². The van der Waals surface area contributed by atoms with Crippen LogP contribution in [0, 0.1) is 6.92 Å². The number of anilines is 1. The van der Waals surface area contributed by atoms with Crippen LogP contribution in [0.2, 0.25) is 5.15 Å². The van der Waals surface area contributed by atoms with Crippen molar-refractivity contribution in [1.82, 2.24) is 9.97 Å². The van der Waals surface area contributed by atoms with Gasteiger partial charge in [0.1, 0.15) is 0 Å². The van der Waals surface area contributed by atoms with E-state index in [9.17, 15) is 8.42 Å². The summed E-state index contributed by atoms with van der Waals surface area (Å²) < 4.78 is 26.5. The highest BCUT2D eigenvalue weighted by atomic mass is 35.5. The minimum Gasteiger partial charge on any atom is -0.280 e. The maximum atomic E-state index is 12.0. The van der Waals surface area contributed by atoms with E-state index in [0.717, 1.165) is 11.3 Å². The Morgan fingerprint density at radius 2 is 2.10 bits per heavy atom. The molecular weight excluding hydrogens is 298 g/mol. The average Bonchev–Trinajstić information content (AvgIpc) is 2.42. The number of nitrogens with one attached hydrogen (secondary N) is 1. The molecule has 7 heteroatoms. The summed E-state index contributed by atoms with van der Waals surface area (Å²) in [6.07, 6.45) is 3.55. The van der Waals surface area contributed by atoms with E-state index in [1.165, 1.54) is 0 Å². The summed E-state index contributed by atoms with van der Waals surface area (Å²) in [5.74, 6) is -0.0612. The van der Waals surface area contributed by atoms with E-state index in [0.29, 0.717) is 12.1 Å². The Balaban J connectivity index is 2.06. The van der Waals surface area contributed by atoms with Gasteiger partial charge in [0.05, 0.1) is 11.4 Å². The van der Waals surface area contributed by atoms with Crippen molar-refractivity contribution in [2.45, 2.75) is 13.3 Å². The zero-order valence-corrected chi connectivity index (χ0v) is 12.4. The van der Waals surface area contributed by atoms with Crippen molar-refractivity contribution in [3.8, 4) is 0 Å². The second-order valence-corrected chi connectivity index (χ2v) is 6.54. The summed E-state index contributed by atoms with van der Waals surface area (Å²) in [5, 5.41) is 0.136. The van der Waals surface area contributed by atoms with E-state index in [4.69, 9.17) is 11.6 Å². The van der Waals surface area contributed by atoms with Crippen LogP contribution >= 0.6 is 11.6 Å². The molecule has 2 heterocycles. The van der Waals surface area contributed by atoms with Gasteiger partial charge in [-0.05, 0) is 30.7 Å². The highest BCUT2D eigenvalue weighted by Crippen LogP contribution is 2.21. The number of rotatable bonds is 5. The summed E-state index contributed by atoms with van der Waals surface area (Å²) in [6.45, 7) is 1.81. The first kappa shape index (κ1) is 14.7. The zero-order valence-electron chi connectivity index (χ0n) is 10.9. The molecule has 0 aliphatic carbocycles. The van der Waals surface area contributed by atoms with Crippen LogP contribution in [0.1, 0.15) is 11.3 Å². The van der Waals surface area contributed by atoms with Crippen molar-refractivity contribution in [2.75, 3.05) is 10.5 Å². The van der Waals surface area contributed by atoms with Gasteiger partial charge in [0.2, 0.25) is 10.0 Å². The second-order valence-electron chi connectivity index (χ2n) is 4.34. The van der Waals surface area contributed by atoms with E-state index >= 15 is 0 Å². The van der Waals surface area contributed by atoms with Crippen molar-refractivity contribution in [3.63, 3.8) is 0 Å². The Bertz CT molecular complexity index is 690. The van der Waals surface area contributed by atoms with E-state index in [1.807, 2.05) is 13.0 Å². The molecule has 1 N–H and O–H groups in total. The van der Waals surface area contributed by atoms with Crippen molar-refractivity contribution >= 4 is 27.3 Å². The molecule has 0 aromatic carbocycles. The average molecular weight is 312 g/mol. The lowest BCUT2D eigenvalue weighted by molar-refractivity contribution is 0.600. The fourth-order valence-electron chi connectivity index (χ4n) is 1.63. The van der Waals surface area contributed by atoms with Crippen molar-refractivity contribution in [3.05, 3.63) is 53.1 Å². The molecule has 2 rings (SSSR count). The van der Waals surface area contributed by atoms with Gasteiger partial charge in [0, 0.05) is 24.5 Å². The molecule has 0 amide bonds. The third-order valence-electron chi connectivity index (χ3n) is 2.59.